The van der Waals surface area contributed by atoms with Gasteiger partial charge in [-0.25, -0.2) is 4.98 Å². The lowest BCUT2D eigenvalue weighted by Gasteiger charge is -2.13. The van der Waals surface area contributed by atoms with Crippen molar-refractivity contribution in [1.82, 2.24) is 4.98 Å². The minimum atomic E-state index is -0.160. The number of benzene rings is 2. The van der Waals surface area contributed by atoms with Gasteiger partial charge in [-0.15, -0.1) is 11.3 Å². The molecule has 4 rings (SSSR count). The highest BCUT2D eigenvalue weighted by Gasteiger charge is 2.33. The largest absolute Gasteiger partial charge is 0.288 e. The van der Waals surface area contributed by atoms with Crippen LogP contribution in [0.15, 0.2) is 48.5 Å². The number of aromatic nitrogens is 1. The number of ketones is 2. The van der Waals surface area contributed by atoms with E-state index in [4.69, 9.17) is 0 Å². The van der Waals surface area contributed by atoms with Gasteiger partial charge in [-0.1, -0.05) is 42.0 Å². The molecule has 0 spiro atoms. The monoisotopic (exact) mass is 305 g/mol. The number of carbonyl (C=O) groups excluding carboxylic acids is 2. The molecule has 0 fully saturated rings. The summed E-state index contributed by atoms with van der Waals surface area (Å²) in [6.07, 6.45) is 0. The van der Waals surface area contributed by atoms with Gasteiger partial charge >= 0.3 is 0 Å². The van der Waals surface area contributed by atoms with Crippen molar-refractivity contribution in [1.29, 1.82) is 0 Å². The first-order chi connectivity index (χ1) is 10.6. The SMILES string of the molecule is Cc1ccc2c(c1)C(=O)c1nc(-c3ccccc3)sc1C2=O. The molecular formula is C18H11NO2S. The predicted molar refractivity (Wildman–Crippen MR) is 85.6 cm³/mol. The second-order valence-electron chi connectivity index (χ2n) is 5.27. The quantitative estimate of drug-likeness (QED) is 0.536. The molecule has 1 aromatic heterocycles. The van der Waals surface area contributed by atoms with Crippen LogP contribution in [0.5, 0.6) is 0 Å². The van der Waals surface area contributed by atoms with Crippen molar-refractivity contribution in [2.75, 3.05) is 0 Å². The Hall–Kier alpha value is -2.59. The summed E-state index contributed by atoms with van der Waals surface area (Å²) < 4.78 is 0. The van der Waals surface area contributed by atoms with Crippen LogP contribution in [0.3, 0.4) is 0 Å². The first-order valence-corrected chi connectivity index (χ1v) is 7.73. The fraction of sp³-hybridized carbons (Fsp3) is 0.0556. The molecule has 1 aliphatic carbocycles. The van der Waals surface area contributed by atoms with Gasteiger partial charge in [0.25, 0.3) is 0 Å². The van der Waals surface area contributed by atoms with Crippen LogP contribution in [0.1, 0.15) is 36.9 Å². The van der Waals surface area contributed by atoms with E-state index in [2.05, 4.69) is 4.98 Å². The van der Waals surface area contributed by atoms with Gasteiger partial charge in [0, 0.05) is 16.7 Å². The van der Waals surface area contributed by atoms with Crippen LogP contribution in [-0.2, 0) is 0 Å². The van der Waals surface area contributed by atoms with E-state index in [9.17, 15) is 9.59 Å². The van der Waals surface area contributed by atoms with Gasteiger partial charge in [0.2, 0.25) is 11.6 Å². The van der Waals surface area contributed by atoms with Gasteiger partial charge in [-0.05, 0) is 19.1 Å². The number of fused-ring (bicyclic) bond motifs is 2. The van der Waals surface area contributed by atoms with Crippen LogP contribution in [0.4, 0.5) is 0 Å². The topological polar surface area (TPSA) is 47.0 Å². The predicted octanol–water partition coefficient (Wildman–Crippen LogP) is 3.89. The average Bonchev–Trinajstić information content (AvgIpc) is 2.99. The molecule has 0 aliphatic heterocycles. The highest BCUT2D eigenvalue weighted by atomic mass is 32.1. The van der Waals surface area contributed by atoms with E-state index in [1.54, 1.807) is 12.1 Å². The van der Waals surface area contributed by atoms with Gasteiger partial charge < -0.3 is 0 Å². The molecule has 0 unspecified atom stereocenters. The summed E-state index contributed by atoms with van der Waals surface area (Å²) >= 11 is 1.29. The lowest BCUT2D eigenvalue weighted by Crippen LogP contribution is -2.19. The molecule has 4 heteroatoms. The number of nitrogens with zero attached hydrogens (tertiary/aromatic N) is 1. The standard InChI is InChI=1S/C18H11NO2S/c1-10-7-8-12-13(9-10)15(20)14-17(16(12)21)22-18(19-14)11-5-3-2-4-6-11/h2-9H,1H3. The third-order valence-electron chi connectivity index (χ3n) is 3.73. The Morgan fingerprint density at radius 3 is 2.45 bits per heavy atom. The smallest absolute Gasteiger partial charge is 0.213 e. The van der Waals surface area contributed by atoms with Gasteiger partial charge in [0.05, 0.1) is 0 Å². The second kappa shape index (κ2) is 4.71. The zero-order valence-electron chi connectivity index (χ0n) is 11.8. The lowest BCUT2D eigenvalue weighted by atomic mass is 9.90. The molecule has 0 radical (unpaired) electrons. The second-order valence-corrected chi connectivity index (χ2v) is 6.27. The Bertz CT molecular complexity index is 926. The highest BCUT2D eigenvalue weighted by Crippen LogP contribution is 2.35. The fourth-order valence-corrected chi connectivity index (χ4v) is 3.65. The fourth-order valence-electron chi connectivity index (χ4n) is 2.63. The van der Waals surface area contributed by atoms with E-state index >= 15 is 0 Å². The normalized spacial score (nSPS) is 13.0. The molecule has 0 atom stereocenters. The first kappa shape index (κ1) is 13.1. The average molecular weight is 305 g/mol. The van der Waals surface area contributed by atoms with E-state index in [0.717, 1.165) is 11.1 Å². The number of carbonyl (C=O) groups is 2. The highest BCUT2D eigenvalue weighted by molar-refractivity contribution is 7.17. The van der Waals surface area contributed by atoms with Crippen molar-refractivity contribution in [3.05, 3.63) is 75.8 Å². The van der Waals surface area contributed by atoms with E-state index in [0.29, 0.717) is 21.0 Å². The van der Waals surface area contributed by atoms with Crippen LogP contribution in [0, 0.1) is 6.92 Å². The molecule has 2 aromatic carbocycles. The number of rotatable bonds is 1. The summed E-state index contributed by atoms with van der Waals surface area (Å²) in [5, 5.41) is 0.705. The van der Waals surface area contributed by atoms with Gasteiger partial charge in [0.1, 0.15) is 15.6 Å². The summed E-state index contributed by atoms with van der Waals surface area (Å²) in [7, 11) is 0. The minimum absolute atomic E-state index is 0.107. The summed E-state index contributed by atoms with van der Waals surface area (Å²) in [6.45, 7) is 1.91. The Morgan fingerprint density at radius 2 is 1.68 bits per heavy atom. The molecule has 1 heterocycles. The Labute approximate surface area is 131 Å². The number of hydrogen-bond acceptors (Lipinski definition) is 4. The van der Waals surface area contributed by atoms with Gasteiger partial charge in [-0.2, -0.15) is 0 Å². The maximum Gasteiger partial charge on any atom is 0.213 e. The van der Waals surface area contributed by atoms with Crippen LogP contribution in [0.25, 0.3) is 10.6 Å². The maximum atomic E-state index is 12.6. The van der Waals surface area contributed by atoms with E-state index in [-0.39, 0.29) is 17.3 Å². The molecule has 0 amide bonds. The van der Waals surface area contributed by atoms with Crippen LogP contribution in [0.2, 0.25) is 0 Å². The van der Waals surface area contributed by atoms with Crippen molar-refractivity contribution in [3.8, 4) is 10.6 Å². The number of thiazole rings is 1. The van der Waals surface area contributed by atoms with E-state index < -0.39 is 0 Å². The summed E-state index contributed by atoms with van der Waals surface area (Å²) in [5.74, 6) is -0.268. The molecule has 0 bridgehead atoms. The number of hydrogen-bond donors (Lipinski definition) is 0. The first-order valence-electron chi connectivity index (χ1n) is 6.91. The van der Waals surface area contributed by atoms with Crippen LogP contribution >= 0.6 is 11.3 Å². The zero-order valence-corrected chi connectivity index (χ0v) is 12.6. The molecule has 0 saturated heterocycles. The van der Waals surface area contributed by atoms with Crippen molar-refractivity contribution in [2.45, 2.75) is 6.92 Å². The van der Waals surface area contributed by atoms with Crippen molar-refractivity contribution in [2.24, 2.45) is 0 Å². The Balaban J connectivity index is 1.91. The minimum Gasteiger partial charge on any atom is -0.288 e. The number of aryl methyl sites for hydroxylation is 1. The third-order valence-corrected chi connectivity index (χ3v) is 4.84. The van der Waals surface area contributed by atoms with E-state index in [1.165, 1.54) is 11.3 Å². The van der Waals surface area contributed by atoms with Crippen molar-refractivity contribution >= 4 is 22.9 Å². The lowest BCUT2D eigenvalue weighted by molar-refractivity contribution is 0.0979. The summed E-state index contributed by atoms with van der Waals surface area (Å²) in [5.41, 5.74) is 3.10. The third kappa shape index (κ3) is 1.84. The van der Waals surface area contributed by atoms with Crippen molar-refractivity contribution < 1.29 is 9.59 Å². The molecular weight excluding hydrogens is 294 g/mol. The Kier molecular flexibility index (Phi) is 2.81. The summed E-state index contributed by atoms with van der Waals surface area (Å²) in [4.78, 5) is 30.1. The molecule has 1 aliphatic rings. The maximum absolute atomic E-state index is 12.6. The Morgan fingerprint density at radius 1 is 0.909 bits per heavy atom. The molecule has 0 saturated carbocycles. The molecule has 3 nitrogen and oxygen atoms in total. The molecule has 106 valence electrons. The van der Waals surface area contributed by atoms with Gasteiger partial charge in [-0.3, -0.25) is 9.59 Å². The molecule has 3 aromatic rings. The summed E-state index contributed by atoms with van der Waals surface area (Å²) in [6, 6.07) is 15.0. The molecule has 22 heavy (non-hydrogen) atoms. The zero-order chi connectivity index (χ0) is 15.3. The molecule has 0 N–H and O–H groups in total. The van der Waals surface area contributed by atoms with Crippen LogP contribution in [-0.4, -0.2) is 16.6 Å². The van der Waals surface area contributed by atoms with Crippen molar-refractivity contribution in [3.63, 3.8) is 0 Å². The van der Waals surface area contributed by atoms with Crippen LogP contribution < -0.4 is 0 Å². The van der Waals surface area contributed by atoms with E-state index in [1.807, 2.05) is 43.3 Å². The van der Waals surface area contributed by atoms with Gasteiger partial charge in [0.15, 0.2) is 0 Å².